The molecule has 4 nitrogen and oxygen atoms in total. The lowest BCUT2D eigenvalue weighted by Gasteiger charge is -2.25. The lowest BCUT2D eigenvalue weighted by atomic mass is 10.0. The first-order chi connectivity index (χ1) is 7.54. The van der Waals surface area contributed by atoms with Crippen LogP contribution in [0.5, 0.6) is 0 Å². The zero-order valence-electron chi connectivity index (χ0n) is 8.60. The molecule has 1 unspecified atom stereocenters. The van der Waals surface area contributed by atoms with Crippen LogP contribution in [0.4, 0.5) is 10.1 Å². The first-order valence-electron chi connectivity index (χ1n) is 5.11. The Morgan fingerprint density at radius 1 is 1.12 bits per heavy atom. The van der Waals surface area contributed by atoms with E-state index in [1.54, 1.807) is 0 Å². The molecule has 1 aliphatic rings. The highest BCUT2D eigenvalue weighted by atomic mass is 19.1. The van der Waals surface area contributed by atoms with Crippen LogP contribution in [0.2, 0.25) is 0 Å². The van der Waals surface area contributed by atoms with E-state index in [0.717, 1.165) is 0 Å². The molecule has 0 amide bonds. The van der Waals surface area contributed by atoms with Crippen LogP contribution >= 0.6 is 0 Å². The van der Waals surface area contributed by atoms with E-state index in [1.807, 2.05) is 0 Å². The third-order valence-corrected chi connectivity index (χ3v) is 3.03. The van der Waals surface area contributed by atoms with Crippen LogP contribution in [0.25, 0.3) is 0 Å². The van der Waals surface area contributed by atoms with Crippen molar-refractivity contribution < 1.29 is 19.7 Å². The number of aliphatic hydroxyl groups excluding tert-OH is 2. The van der Waals surface area contributed by atoms with Gasteiger partial charge in [-0.25, -0.2) is 4.39 Å². The number of rotatable bonds is 4. The molecule has 1 atom stereocenters. The van der Waals surface area contributed by atoms with Gasteiger partial charge in [0.2, 0.25) is 0 Å². The first-order valence-corrected chi connectivity index (χ1v) is 5.11. The van der Waals surface area contributed by atoms with Gasteiger partial charge in [-0.3, -0.25) is 0 Å². The van der Waals surface area contributed by atoms with Gasteiger partial charge in [0.05, 0.1) is 5.41 Å². The van der Waals surface area contributed by atoms with Gasteiger partial charge in [0, 0.05) is 5.69 Å². The summed E-state index contributed by atoms with van der Waals surface area (Å²) in [5, 5.41) is 30.8. The Hall–Kier alpha value is -1.17. The molecule has 0 spiro atoms. The second-order valence-electron chi connectivity index (χ2n) is 4.16. The number of aliphatic hydroxyl groups is 3. The zero-order valence-corrected chi connectivity index (χ0v) is 8.60. The van der Waals surface area contributed by atoms with E-state index in [2.05, 4.69) is 5.32 Å². The van der Waals surface area contributed by atoms with Crippen LogP contribution in [0.1, 0.15) is 12.8 Å². The largest absolute Gasteiger partial charge is 0.373 e. The minimum atomic E-state index is -1.55. The van der Waals surface area contributed by atoms with Crippen molar-refractivity contribution in [3.05, 3.63) is 30.1 Å². The molecule has 4 N–H and O–H groups in total. The summed E-state index contributed by atoms with van der Waals surface area (Å²) in [7, 11) is 0. The summed E-state index contributed by atoms with van der Waals surface area (Å²) in [5.74, 6) is -0.358. The van der Waals surface area contributed by atoms with E-state index < -0.39 is 17.9 Å². The topological polar surface area (TPSA) is 72.7 Å². The lowest BCUT2D eigenvalue weighted by Crippen LogP contribution is -2.38. The minimum absolute atomic E-state index is 0.358. The predicted octanol–water partition coefficient (Wildman–Crippen LogP) is 0.647. The van der Waals surface area contributed by atoms with Crippen molar-refractivity contribution >= 4 is 5.69 Å². The number of benzene rings is 1. The Kier molecular flexibility index (Phi) is 2.84. The van der Waals surface area contributed by atoms with Crippen LogP contribution in [-0.4, -0.2) is 27.8 Å². The molecule has 0 radical (unpaired) electrons. The van der Waals surface area contributed by atoms with Crippen molar-refractivity contribution in [1.82, 2.24) is 0 Å². The van der Waals surface area contributed by atoms with Gasteiger partial charge < -0.3 is 20.6 Å². The second kappa shape index (κ2) is 4.01. The standard InChI is InChI=1S/C11H14FNO3/c12-7-1-3-8(4-2-7)13-9(14)11(5-6-11)10(15)16/h1-4,9-10,13-16H,5-6H2. The normalized spacial score (nSPS) is 19.6. The smallest absolute Gasteiger partial charge is 0.161 e. The molecule has 5 heteroatoms. The molecule has 1 aromatic carbocycles. The first kappa shape index (κ1) is 11.3. The quantitative estimate of drug-likeness (QED) is 0.570. The Labute approximate surface area is 92.3 Å². The number of hydrogen-bond acceptors (Lipinski definition) is 4. The van der Waals surface area contributed by atoms with Gasteiger partial charge in [-0.05, 0) is 37.1 Å². The van der Waals surface area contributed by atoms with Gasteiger partial charge in [-0.15, -0.1) is 0 Å². The van der Waals surface area contributed by atoms with Gasteiger partial charge in [-0.1, -0.05) is 0 Å². The molecule has 1 aromatic rings. The van der Waals surface area contributed by atoms with E-state index in [9.17, 15) is 9.50 Å². The summed E-state index contributed by atoms with van der Waals surface area (Å²) in [5.41, 5.74) is -0.338. The van der Waals surface area contributed by atoms with Crippen LogP contribution in [0, 0.1) is 11.2 Å². The van der Waals surface area contributed by atoms with Crippen molar-refractivity contribution in [2.45, 2.75) is 25.4 Å². The molecule has 1 saturated carbocycles. The molecule has 0 aromatic heterocycles. The Morgan fingerprint density at radius 3 is 2.12 bits per heavy atom. The summed E-state index contributed by atoms with van der Waals surface area (Å²) < 4.78 is 12.6. The fraction of sp³-hybridized carbons (Fsp3) is 0.455. The molecule has 88 valence electrons. The van der Waals surface area contributed by atoms with Crippen LogP contribution in [0.15, 0.2) is 24.3 Å². The van der Waals surface area contributed by atoms with Gasteiger partial charge in [0.15, 0.2) is 6.29 Å². The Bertz CT molecular complexity index is 362. The number of hydrogen-bond donors (Lipinski definition) is 4. The average molecular weight is 227 g/mol. The van der Waals surface area contributed by atoms with E-state index in [-0.39, 0.29) is 5.82 Å². The minimum Gasteiger partial charge on any atom is -0.373 e. The highest BCUT2D eigenvalue weighted by molar-refractivity contribution is 5.44. The summed E-state index contributed by atoms with van der Waals surface area (Å²) in [6, 6.07) is 5.50. The molecular formula is C11H14FNO3. The maximum atomic E-state index is 12.6. The van der Waals surface area contributed by atoms with Crippen LogP contribution in [-0.2, 0) is 0 Å². The fourth-order valence-electron chi connectivity index (χ4n) is 1.66. The number of halogens is 1. The molecule has 0 aliphatic heterocycles. The van der Waals surface area contributed by atoms with Gasteiger partial charge in [-0.2, -0.15) is 0 Å². The predicted molar refractivity (Wildman–Crippen MR) is 55.9 cm³/mol. The van der Waals surface area contributed by atoms with Crippen molar-refractivity contribution in [3.63, 3.8) is 0 Å². The molecular weight excluding hydrogens is 213 g/mol. The SMILES string of the molecule is OC(O)C1(C(O)Nc2ccc(F)cc2)CC1. The Balaban J connectivity index is 2.02. The molecule has 0 heterocycles. The highest BCUT2D eigenvalue weighted by Crippen LogP contribution is 2.51. The third-order valence-electron chi connectivity index (χ3n) is 3.03. The molecule has 0 bridgehead atoms. The van der Waals surface area contributed by atoms with Crippen LogP contribution in [0.3, 0.4) is 0 Å². The van der Waals surface area contributed by atoms with E-state index in [4.69, 9.17) is 10.2 Å². The summed E-state index contributed by atoms with van der Waals surface area (Å²) in [6.07, 6.45) is -1.48. The maximum absolute atomic E-state index is 12.6. The number of anilines is 1. The van der Waals surface area contributed by atoms with Crippen molar-refractivity contribution in [2.24, 2.45) is 5.41 Å². The molecule has 16 heavy (non-hydrogen) atoms. The van der Waals surface area contributed by atoms with Crippen molar-refractivity contribution in [3.8, 4) is 0 Å². The average Bonchev–Trinajstić information content (AvgIpc) is 3.02. The summed E-state index contributed by atoms with van der Waals surface area (Å²) in [6.45, 7) is 0. The summed E-state index contributed by atoms with van der Waals surface area (Å²) in [4.78, 5) is 0. The van der Waals surface area contributed by atoms with Crippen molar-refractivity contribution in [1.29, 1.82) is 0 Å². The number of nitrogens with one attached hydrogen (secondary N) is 1. The van der Waals surface area contributed by atoms with Gasteiger partial charge in [0.1, 0.15) is 12.0 Å². The monoisotopic (exact) mass is 227 g/mol. The molecule has 2 rings (SSSR count). The lowest BCUT2D eigenvalue weighted by molar-refractivity contribution is -0.126. The molecule has 0 saturated heterocycles. The van der Waals surface area contributed by atoms with Gasteiger partial charge in [0.25, 0.3) is 0 Å². The summed E-state index contributed by atoms with van der Waals surface area (Å²) >= 11 is 0. The van der Waals surface area contributed by atoms with Crippen LogP contribution < -0.4 is 5.32 Å². The molecule has 1 fully saturated rings. The van der Waals surface area contributed by atoms with E-state index >= 15 is 0 Å². The Morgan fingerprint density at radius 2 is 1.69 bits per heavy atom. The fourth-order valence-corrected chi connectivity index (χ4v) is 1.66. The third kappa shape index (κ3) is 2.02. The van der Waals surface area contributed by atoms with Crippen molar-refractivity contribution in [2.75, 3.05) is 5.32 Å². The maximum Gasteiger partial charge on any atom is 0.161 e. The molecule has 1 aliphatic carbocycles. The van der Waals surface area contributed by atoms with E-state index in [0.29, 0.717) is 18.5 Å². The second-order valence-corrected chi connectivity index (χ2v) is 4.16. The zero-order chi connectivity index (χ0) is 11.8. The highest BCUT2D eigenvalue weighted by Gasteiger charge is 2.54. The van der Waals surface area contributed by atoms with E-state index in [1.165, 1.54) is 24.3 Å². The van der Waals surface area contributed by atoms with Gasteiger partial charge >= 0.3 is 0 Å².